The zero-order valence-electron chi connectivity index (χ0n) is 10.1. The summed E-state index contributed by atoms with van der Waals surface area (Å²) in [4.78, 5) is 4.34. The summed E-state index contributed by atoms with van der Waals surface area (Å²) >= 11 is 3.39. The van der Waals surface area contributed by atoms with Gasteiger partial charge in [-0.15, -0.1) is 0 Å². The number of halogens is 1. The van der Waals surface area contributed by atoms with Gasteiger partial charge in [-0.3, -0.25) is 4.98 Å². The van der Waals surface area contributed by atoms with E-state index < -0.39 is 0 Å². The van der Waals surface area contributed by atoms with Gasteiger partial charge in [-0.25, -0.2) is 0 Å². The normalized spacial score (nSPS) is 15.7. The summed E-state index contributed by atoms with van der Waals surface area (Å²) in [6, 6.07) is 4.09. The van der Waals surface area contributed by atoms with Gasteiger partial charge in [-0.05, 0) is 66.7 Å². The van der Waals surface area contributed by atoms with Crippen LogP contribution >= 0.6 is 15.9 Å². The summed E-state index contributed by atoms with van der Waals surface area (Å²) < 4.78 is 1.04. The van der Waals surface area contributed by atoms with Crippen LogP contribution < -0.4 is 5.32 Å². The van der Waals surface area contributed by atoms with Gasteiger partial charge in [0.1, 0.15) is 0 Å². The van der Waals surface area contributed by atoms with E-state index in [0.29, 0.717) is 0 Å². The van der Waals surface area contributed by atoms with Crippen molar-refractivity contribution in [2.45, 2.75) is 38.6 Å². The minimum Gasteiger partial charge on any atom is -0.311 e. The molecule has 0 aromatic carbocycles. The van der Waals surface area contributed by atoms with Crippen LogP contribution in [0.15, 0.2) is 34.5 Å². The lowest BCUT2D eigenvalue weighted by Gasteiger charge is -2.12. The molecule has 0 saturated carbocycles. The molecule has 3 heteroatoms. The van der Waals surface area contributed by atoms with E-state index in [2.05, 4.69) is 38.4 Å². The third-order valence-electron chi connectivity index (χ3n) is 3.10. The Hall–Kier alpha value is -0.670. The van der Waals surface area contributed by atoms with Crippen molar-refractivity contribution in [3.63, 3.8) is 0 Å². The largest absolute Gasteiger partial charge is 0.311 e. The number of hydrogen-bond donors (Lipinski definition) is 1. The molecule has 2 rings (SSSR count). The second-order valence-corrected chi connectivity index (χ2v) is 5.42. The van der Waals surface area contributed by atoms with E-state index in [1.165, 1.54) is 32.1 Å². The lowest BCUT2D eigenvalue weighted by Crippen LogP contribution is -2.16. The molecule has 0 spiro atoms. The highest BCUT2D eigenvalue weighted by atomic mass is 79.9. The number of hydrogen-bond acceptors (Lipinski definition) is 2. The Bertz CT molecular complexity index is 370. The zero-order chi connectivity index (χ0) is 11.9. The molecule has 1 heterocycles. The lowest BCUT2D eigenvalue weighted by molar-refractivity contribution is 0.627. The quantitative estimate of drug-likeness (QED) is 0.660. The summed E-state index contributed by atoms with van der Waals surface area (Å²) in [5.41, 5.74) is 2.73. The molecule has 0 atom stereocenters. The second kappa shape index (κ2) is 6.92. The number of nitrogens with zero attached hydrogens (tertiary/aromatic N) is 1. The monoisotopic (exact) mass is 294 g/mol. The van der Waals surface area contributed by atoms with Crippen LogP contribution in [-0.2, 0) is 6.54 Å². The van der Waals surface area contributed by atoms with E-state index >= 15 is 0 Å². The van der Waals surface area contributed by atoms with Crippen LogP contribution in [0.2, 0.25) is 0 Å². The number of allylic oxidation sites excluding steroid dienone is 1. The van der Waals surface area contributed by atoms with E-state index in [0.717, 1.165) is 23.3 Å². The molecule has 1 N–H and O–H groups in total. The van der Waals surface area contributed by atoms with E-state index in [-0.39, 0.29) is 0 Å². The average molecular weight is 295 g/mol. The van der Waals surface area contributed by atoms with Crippen LogP contribution in [-0.4, -0.2) is 11.5 Å². The molecule has 0 unspecified atom stereocenters. The van der Waals surface area contributed by atoms with Crippen LogP contribution in [0.3, 0.4) is 0 Å². The average Bonchev–Trinajstić information content (AvgIpc) is 2.38. The molecule has 1 aliphatic carbocycles. The van der Waals surface area contributed by atoms with E-state index in [4.69, 9.17) is 0 Å². The molecule has 1 aromatic rings. The summed E-state index contributed by atoms with van der Waals surface area (Å²) in [5, 5.41) is 3.45. The van der Waals surface area contributed by atoms with Gasteiger partial charge in [0.2, 0.25) is 0 Å². The Morgan fingerprint density at radius 3 is 2.94 bits per heavy atom. The van der Waals surface area contributed by atoms with Crippen molar-refractivity contribution in [3.8, 4) is 0 Å². The van der Waals surface area contributed by atoms with Crippen molar-refractivity contribution < 1.29 is 0 Å². The van der Waals surface area contributed by atoms with Crippen molar-refractivity contribution in [1.29, 1.82) is 0 Å². The summed E-state index contributed by atoms with van der Waals surface area (Å²) in [6.07, 6.45) is 10.8. The van der Waals surface area contributed by atoms with E-state index in [1.54, 1.807) is 5.57 Å². The fourth-order valence-electron chi connectivity index (χ4n) is 2.11. The Labute approximate surface area is 112 Å². The standard InChI is InChI=1S/C14H19BrN2/c15-13-6-7-14(17-10-13)11-16-9-8-12-4-2-1-3-5-12/h4,6-7,10,16H,1-3,5,8-9,11H2. The molecule has 0 fully saturated rings. The predicted octanol–water partition coefficient (Wildman–Crippen LogP) is 3.82. The fraction of sp³-hybridized carbons (Fsp3) is 0.500. The van der Waals surface area contributed by atoms with Crippen molar-refractivity contribution >= 4 is 15.9 Å². The molecule has 0 bridgehead atoms. The van der Waals surface area contributed by atoms with Crippen molar-refractivity contribution in [1.82, 2.24) is 10.3 Å². The van der Waals surface area contributed by atoms with Crippen LogP contribution in [0, 0.1) is 0 Å². The summed E-state index contributed by atoms with van der Waals surface area (Å²) in [7, 11) is 0. The number of nitrogens with one attached hydrogen (secondary N) is 1. The first kappa shape index (κ1) is 12.8. The summed E-state index contributed by atoms with van der Waals surface area (Å²) in [6.45, 7) is 1.92. The van der Waals surface area contributed by atoms with Crippen molar-refractivity contribution in [2.24, 2.45) is 0 Å². The molecular formula is C14H19BrN2. The van der Waals surface area contributed by atoms with Gasteiger partial charge in [0.15, 0.2) is 0 Å². The molecule has 0 radical (unpaired) electrons. The molecule has 0 amide bonds. The maximum Gasteiger partial charge on any atom is 0.0542 e. The van der Waals surface area contributed by atoms with Crippen LogP contribution in [0.25, 0.3) is 0 Å². The molecule has 0 aliphatic heterocycles. The molecule has 2 nitrogen and oxygen atoms in total. The number of aromatic nitrogens is 1. The Balaban J connectivity index is 1.66. The molecule has 17 heavy (non-hydrogen) atoms. The van der Waals surface area contributed by atoms with Gasteiger partial charge in [0.25, 0.3) is 0 Å². The Morgan fingerprint density at radius 2 is 2.24 bits per heavy atom. The highest BCUT2D eigenvalue weighted by Crippen LogP contribution is 2.19. The van der Waals surface area contributed by atoms with Gasteiger partial charge in [0.05, 0.1) is 5.69 Å². The SMILES string of the molecule is Brc1ccc(CNCCC2=CCCCC2)nc1. The first-order chi connectivity index (χ1) is 8.34. The minimum atomic E-state index is 0.862. The zero-order valence-corrected chi connectivity index (χ0v) is 11.7. The first-order valence-electron chi connectivity index (χ1n) is 6.33. The van der Waals surface area contributed by atoms with Gasteiger partial charge in [0, 0.05) is 17.2 Å². The summed E-state index contributed by atoms with van der Waals surface area (Å²) in [5.74, 6) is 0. The van der Waals surface area contributed by atoms with E-state index in [1.807, 2.05) is 12.3 Å². The maximum absolute atomic E-state index is 4.34. The van der Waals surface area contributed by atoms with Gasteiger partial charge in [-0.2, -0.15) is 0 Å². The third-order valence-corrected chi connectivity index (χ3v) is 3.57. The third kappa shape index (κ3) is 4.60. The van der Waals surface area contributed by atoms with Gasteiger partial charge >= 0.3 is 0 Å². The Kier molecular flexibility index (Phi) is 5.20. The first-order valence-corrected chi connectivity index (χ1v) is 7.13. The molecular weight excluding hydrogens is 276 g/mol. The van der Waals surface area contributed by atoms with Crippen LogP contribution in [0.1, 0.15) is 37.8 Å². The van der Waals surface area contributed by atoms with E-state index in [9.17, 15) is 0 Å². The molecule has 1 aliphatic rings. The molecule has 92 valence electrons. The molecule has 0 saturated heterocycles. The minimum absolute atomic E-state index is 0.862. The Morgan fingerprint density at radius 1 is 1.29 bits per heavy atom. The van der Waals surface area contributed by atoms with Crippen LogP contribution in [0.5, 0.6) is 0 Å². The highest BCUT2D eigenvalue weighted by Gasteiger charge is 2.02. The molecule has 1 aromatic heterocycles. The highest BCUT2D eigenvalue weighted by molar-refractivity contribution is 9.10. The predicted molar refractivity (Wildman–Crippen MR) is 74.8 cm³/mol. The number of rotatable bonds is 5. The van der Waals surface area contributed by atoms with Crippen molar-refractivity contribution in [3.05, 3.63) is 40.1 Å². The number of pyridine rings is 1. The van der Waals surface area contributed by atoms with Crippen LogP contribution in [0.4, 0.5) is 0 Å². The smallest absolute Gasteiger partial charge is 0.0542 e. The van der Waals surface area contributed by atoms with Gasteiger partial charge < -0.3 is 5.32 Å². The topological polar surface area (TPSA) is 24.9 Å². The second-order valence-electron chi connectivity index (χ2n) is 4.50. The van der Waals surface area contributed by atoms with Crippen molar-refractivity contribution in [2.75, 3.05) is 6.54 Å². The lowest BCUT2D eigenvalue weighted by atomic mass is 9.97. The maximum atomic E-state index is 4.34. The fourth-order valence-corrected chi connectivity index (χ4v) is 2.34. The van der Waals surface area contributed by atoms with Gasteiger partial charge in [-0.1, -0.05) is 11.6 Å².